The highest BCUT2D eigenvalue weighted by molar-refractivity contribution is 6.48. The Labute approximate surface area is 51.7 Å². The molecule has 2 heteroatoms. The number of rotatable bonds is 0. The molecular formula is C6H4B2-2. The molecule has 0 aromatic heterocycles. The van der Waals surface area contributed by atoms with Crippen LogP contribution in [-0.2, 0) is 0 Å². The van der Waals surface area contributed by atoms with Gasteiger partial charge in [0.15, 0.2) is 0 Å². The normalized spacial score (nSPS) is 9.25. The second kappa shape index (κ2) is 2.08. The van der Waals surface area contributed by atoms with E-state index in [1.807, 2.05) is 12.1 Å². The maximum atomic E-state index is 5.39. The Morgan fingerprint density at radius 1 is 0.875 bits per heavy atom. The van der Waals surface area contributed by atoms with Crippen molar-refractivity contribution < 1.29 is 0 Å². The minimum absolute atomic E-state index is 0.646. The van der Waals surface area contributed by atoms with Gasteiger partial charge >= 0.3 is 0 Å². The van der Waals surface area contributed by atoms with Crippen molar-refractivity contribution >= 4 is 26.6 Å². The van der Waals surface area contributed by atoms with Crippen LogP contribution in [0.5, 0.6) is 0 Å². The van der Waals surface area contributed by atoms with Crippen LogP contribution in [0.25, 0.3) is 0 Å². The van der Waals surface area contributed by atoms with Gasteiger partial charge in [-0.1, -0.05) is 12.1 Å². The molecule has 1 aromatic rings. The molecule has 0 aliphatic carbocycles. The van der Waals surface area contributed by atoms with Crippen LogP contribution in [0.3, 0.4) is 0 Å². The Morgan fingerprint density at radius 3 is 1.50 bits per heavy atom. The quantitative estimate of drug-likeness (QED) is 0.375. The molecule has 0 N–H and O–H groups in total. The van der Waals surface area contributed by atoms with Crippen molar-refractivity contribution in [1.29, 1.82) is 0 Å². The summed E-state index contributed by atoms with van der Waals surface area (Å²) < 4.78 is 0. The maximum Gasteiger partial charge on any atom is -0.0659 e. The van der Waals surface area contributed by atoms with Crippen LogP contribution >= 0.6 is 0 Å². The van der Waals surface area contributed by atoms with E-state index in [2.05, 4.69) is 0 Å². The molecule has 0 atom stereocenters. The van der Waals surface area contributed by atoms with Crippen LogP contribution in [0.1, 0.15) is 0 Å². The number of hydrogen-bond donors (Lipinski definition) is 0. The molecule has 0 aliphatic heterocycles. The summed E-state index contributed by atoms with van der Waals surface area (Å²) in [5, 5.41) is 0. The molecule has 0 heterocycles. The maximum absolute atomic E-state index is 5.39. The lowest BCUT2D eigenvalue weighted by molar-refractivity contribution is 1.83. The summed E-state index contributed by atoms with van der Waals surface area (Å²) >= 11 is 0. The molecular weight excluding hydrogens is 93.7 g/mol. The van der Waals surface area contributed by atoms with Crippen LogP contribution in [0.4, 0.5) is 0 Å². The Hall–Kier alpha value is -0.650. The van der Waals surface area contributed by atoms with Crippen molar-refractivity contribution in [2.45, 2.75) is 0 Å². The Morgan fingerprint density at radius 2 is 1.25 bits per heavy atom. The molecule has 0 aliphatic rings. The number of hydrogen-bond acceptors (Lipinski definition) is 0. The molecule has 0 saturated carbocycles. The summed E-state index contributed by atoms with van der Waals surface area (Å²) in [6.45, 7) is 0. The van der Waals surface area contributed by atoms with Crippen LogP contribution in [0, 0.1) is 0 Å². The van der Waals surface area contributed by atoms with E-state index in [4.69, 9.17) is 15.7 Å². The molecule has 1 rings (SSSR count). The zero-order chi connectivity index (χ0) is 5.98. The first-order valence-corrected chi connectivity index (χ1v) is 2.40. The molecule has 1 aromatic carbocycles. The third-order valence-electron chi connectivity index (χ3n) is 0.996. The topological polar surface area (TPSA) is 0 Å². The minimum atomic E-state index is 0.646. The van der Waals surface area contributed by atoms with Gasteiger partial charge in [-0.25, -0.2) is 0 Å². The SMILES string of the molecule is [B-]c1ccccc1[B-]. The van der Waals surface area contributed by atoms with Crippen molar-refractivity contribution in [3.63, 3.8) is 0 Å². The molecule has 6 radical (unpaired) electrons. The Bertz CT molecular complexity index is 163. The van der Waals surface area contributed by atoms with E-state index < -0.39 is 0 Å². The first-order chi connectivity index (χ1) is 3.80. The summed E-state index contributed by atoms with van der Waals surface area (Å²) in [6.07, 6.45) is 0. The third kappa shape index (κ3) is 0.945. The third-order valence-corrected chi connectivity index (χ3v) is 0.996. The molecule has 0 unspecified atom stereocenters. The van der Waals surface area contributed by atoms with E-state index in [1.54, 1.807) is 12.1 Å². The second-order valence-corrected chi connectivity index (χ2v) is 1.63. The van der Waals surface area contributed by atoms with E-state index in [0.29, 0.717) is 10.9 Å². The first-order valence-electron chi connectivity index (χ1n) is 2.40. The predicted molar refractivity (Wildman–Crippen MR) is 37.2 cm³/mol. The zero-order valence-corrected chi connectivity index (χ0v) is 4.46. The van der Waals surface area contributed by atoms with Gasteiger partial charge in [0.2, 0.25) is 0 Å². The fourth-order valence-electron chi connectivity index (χ4n) is 0.511. The largest absolute Gasteiger partial charge is 0.585 e. The average Bonchev–Trinajstić information content (AvgIpc) is 1.77. The summed E-state index contributed by atoms with van der Waals surface area (Å²) in [7, 11) is 10.8. The zero-order valence-electron chi connectivity index (χ0n) is 4.46. The minimum Gasteiger partial charge on any atom is -0.585 e. The molecule has 8 heavy (non-hydrogen) atoms. The Kier molecular flexibility index (Phi) is 1.43. The van der Waals surface area contributed by atoms with E-state index in [9.17, 15) is 0 Å². The summed E-state index contributed by atoms with van der Waals surface area (Å²) in [4.78, 5) is 0. The lowest BCUT2D eigenvalue weighted by atomic mass is 9.81. The van der Waals surface area contributed by atoms with Crippen LogP contribution in [0.2, 0.25) is 0 Å². The molecule has 0 bridgehead atoms. The average molecular weight is 97.7 g/mol. The van der Waals surface area contributed by atoms with Crippen molar-refractivity contribution in [1.82, 2.24) is 0 Å². The van der Waals surface area contributed by atoms with Crippen molar-refractivity contribution in [2.24, 2.45) is 0 Å². The van der Waals surface area contributed by atoms with Gasteiger partial charge in [0.1, 0.15) is 0 Å². The summed E-state index contributed by atoms with van der Waals surface area (Å²) in [5.74, 6) is 0. The van der Waals surface area contributed by atoms with Crippen LogP contribution in [-0.4, -0.2) is 15.7 Å². The fourth-order valence-corrected chi connectivity index (χ4v) is 0.511. The molecule has 0 spiro atoms. The molecule has 0 fully saturated rings. The van der Waals surface area contributed by atoms with Gasteiger partial charge < -0.3 is 26.6 Å². The van der Waals surface area contributed by atoms with Gasteiger partial charge in [-0.15, -0.1) is 12.1 Å². The highest BCUT2D eigenvalue weighted by Gasteiger charge is 1.62. The lowest BCUT2D eigenvalue weighted by Crippen LogP contribution is -2.24. The highest BCUT2D eigenvalue weighted by atomic mass is 13.8. The van der Waals surface area contributed by atoms with Gasteiger partial charge in [-0.3, -0.25) is 0 Å². The smallest absolute Gasteiger partial charge is 0.0659 e. The van der Waals surface area contributed by atoms with Gasteiger partial charge in [-0.05, 0) is 0 Å². The molecule has 36 valence electrons. The predicted octanol–water partition coefficient (Wildman–Crippen LogP) is -0.726. The summed E-state index contributed by atoms with van der Waals surface area (Å²) in [5.41, 5.74) is 1.29. The van der Waals surface area contributed by atoms with Gasteiger partial charge in [0.05, 0.1) is 0 Å². The van der Waals surface area contributed by atoms with E-state index in [0.717, 1.165) is 0 Å². The van der Waals surface area contributed by atoms with Gasteiger partial charge in [0, 0.05) is 0 Å². The fraction of sp³-hybridized carbons (Fsp3) is 0. The van der Waals surface area contributed by atoms with E-state index in [-0.39, 0.29) is 0 Å². The highest BCUT2D eigenvalue weighted by Crippen LogP contribution is 1.73. The molecule has 0 amide bonds. The van der Waals surface area contributed by atoms with E-state index in [1.165, 1.54) is 0 Å². The standard InChI is InChI=1S/C6H4B2/c7-5-3-1-2-4-6(5)8/h1-4H/q-2. The van der Waals surface area contributed by atoms with Crippen LogP contribution in [0.15, 0.2) is 24.3 Å². The van der Waals surface area contributed by atoms with E-state index >= 15 is 0 Å². The first kappa shape index (κ1) is 5.49. The number of benzene rings is 1. The molecule has 0 nitrogen and oxygen atoms in total. The van der Waals surface area contributed by atoms with Crippen molar-refractivity contribution in [2.75, 3.05) is 0 Å². The van der Waals surface area contributed by atoms with Crippen molar-refractivity contribution in [3.05, 3.63) is 24.3 Å². The second-order valence-electron chi connectivity index (χ2n) is 1.63. The van der Waals surface area contributed by atoms with Crippen LogP contribution < -0.4 is 10.9 Å². The molecule has 0 saturated heterocycles. The van der Waals surface area contributed by atoms with Gasteiger partial charge in [-0.2, -0.15) is 0 Å². The monoisotopic (exact) mass is 98.1 g/mol. The Balaban J connectivity index is 3.13. The van der Waals surface area contributed by atoms with Gasteiger partial charge in [0.25, 0.3) is 0 Å². The lowest BCUT2D eigenvalue weighted by Gasteiger charge is -2.21. The summed E-state index contributed by atoms with van der Waals surface area (Å²) in [6, 6.07) is 7.25. The van der Waals surface area contributed by atoms with Crippen molar-refractivity contribution in [3.8, 4) is 0 Å².